The van der Waals surface area contributed by atoms with E-state index < -0.39 is 0 Å². The minimum Gasteiger partial charge on any atom is -0.123 e. The molecule has 0 nitrogen and oxygen atoms in total. The molecule has 1 fully saturated rings. The fourth-order valence-corrected chi connectivity index (χ4v) is 3.36. The number of hydrogen-bond acceptors (Lipinski definition) is 1. The van der Waals surface area contributed by atoms with E-state index in [1.54, 1.807) is 0 Å². The van der Waals surface area contributed by atoms with Crippen LogP contribution < -0.4 is 0 Å². The first-order chi connectivity index (χ1) is 7.24. The minimum atomic E-state index is 0.822. The minimum absolute atomic E-state index is 0.822. The zero-order valence-electron chi connectivity index (χ0n) is 9.08. The van der Waals surface area contributed by atoms with Crippen LogP contribution in [0.25, 0.3) is 0 Å². The summed E-state index contributed by atoms with van der Waals surface area (Å²) in [6, 6.07) is 8.22. The quantitative estimate of drug-likeness (QED) is 0.700. The predicted molar refractivity (Wildman–Crippen MR) is 68.7 cm³/mol. The van der Waals surface area contributed by atoms with Gasteiger partial charge in [0.25, 0.3) is 0 Å². The van der Waals surface area contributed by atoms with Crippen molar-refractivity contribution in [2.75, 3.05) is 0 Å². The monoisotopic (exact) mass is 240 g/mol. The Labute approximate surface area is 101 Å². The molecule has 0 N–H and O–H groups in total. The van der Waals surface area contributed by atoms with Gasteiger partial charge in [0, 0.05) is 15.2 Å². The Hall–Kier alpha value is -0.140. The Morgan fingerprint density at radius 3 is 2.27 bits per heavy atom. The van der Waals surface area contributed by atoms with E-state index in [0.717, 1.165) is 16.2 Å². The molecule has 1 aromatic carbocycles. The van der Waals surface area contributed by atoms with Gasteiger partial charge in [0.2, 0.25) is 0 Å². The molecule has 0 amide bonds. The van der Waals surface area contributed by atoms with E-state index >= 15 is 0 Å². The molecule has 1 saturated carbocycles. The molecular weight excluding hydrogens is 224 g/mol. The van der Waals surface area contributed by atoms with Gasteiger partial charge >= 0.3 is 0 Å². The number of rotatable bonds is 2. The van der Waals surface area contributed by atoms with Gasteiger partial charge < -0.3 is 0 Å². The normalized spacial score (nSPS) is 26.5. The predicted octanol–water partition coefficient (Wildman–Crippen LogP) is 5.01. The lowest BCUT2D eigenvalue weighted by atomic mass is 9.91. The molecule has 0 aromatic heterocycles. The molecule has 1 aliphatic carbocycles. The standard InChI is InChI=1S/C13H17ClS/c1-10-2-6-12(7-3-10)15-13-8-4-11(14)5-9-13/h4-5,8-10,12H,2-3,6-7H2,1H3. The van der Waals surface area contributed by atoms with Gasteiger partial charge in [-0.1, -0.05) is 18.5 Å². The van der Waals surface area contributed by atoms with E-state index in [0.29, 0.717) is 0 Å². The Balaban J connectivity index is 1.89. The van der Waals surface area contributed by atoms with Crippen molar-refractivity contribution in [3.05, 3.63) is 29.3 Å². The zero-order chi connectivity index (χ0) is 10.7. The van der Waals surface area contributed by atoms with Gasteiger partial charge in [-0.05, 0) is 55.9 Å². The molecule has 0 atom stereocenters. The summed E-state index contributed by atoms with van der Waals surface area (Å²) >= 11 is 7.88. The third-order valence-electron chi connectivity index (χ3n) is 3.08. The number of hydrogen-bond donors (Lipinski definition) is 0. The first kappa shape index (κ1) is 11.3. The first-order valence-corrected chi connectivity index (χ1v) is 6.92. The second kappa shape index (κ2) is 5.27. The van der Waals surface area contributed by atoms with Crippen LogP contribution in [-0.2, 0) is 0 Å². The lowest BCUT2D eigenvalue weighted by molar-refractivity contribution is 0.393. The SMILES string of the molecule is CC1CCC(Sc2ccc(Cl)cc2)CC1. The highest BCUT2D eigenvalue weighted by Crippen LogP contribution is 2.35. The van der Waals surface area contributed by atoms with E-state index in [4.69, 9.17) is 11.6 Å². The molecule has 2 heteroatoms. The Kier molecular flexibility index (Phi) is 3.99. The molecule has 1 aliphatic rings. The van der Waals surface area contributed by atoms with Crippen LogP contribution in [-0.4, -0.2) is 5.25 Å². The molecule has 1 aromatic rings. The lowest BCUT2D eigenvalue weighted by Crippen LogP contribution is -2.13. The van der Waals surface area contributed by atoms with E-state index in [-0.39, 0.29) is 0 Å². The summed E-state index contributed by atoms with van der Waals surface area (Å²) in [4.78, 5) is 1.36. The van der Waals surface area contributed by atoms with Gasteiger partial charge in [-0.25, -0.2) is 0 Å². The maximum Gasteiger partial charge on any atom is 0.0406 e. The highest BCUT2D eigenvalue weighted by molar-refractivity contribution is 8.00. The third kappa shape index (κ3) is 3.42. The van der Waals surface area contributed by atoms with Crippen molar-refractivity contribution in [1.29, 1.82) is 0 Å². The van der Waals surface area contributed by atoms with Crippen molar-refractivity contribution in [3.8, 4) is 0 Å². The molecule has 0 unspecified atom stereocenters. The topological polar surface area (TPSA) is 0 Å². The van der Waals surface area contributed by atoms with Gasteiger partial charge in [-0.15, -0.1) is 11.8 Å². The van der Waals surface area contributed by atoms with Gasteiger partial charge in [0.05, 0.1) is 0 Å². The Morgan fingerprint density at radius 1 is 1.07 bits per heavy atom. The fourth-order valence-electron chi connectivity index (χ4n) is 2.05. The number of benzene rings is 1. The average Bonchev–Trinajstić information content (AvgIpc) is 2.25. The molecule has 82 valence electrons. The van der Waals surface area contributed by atoms with Crippen LogP contribution >= 0.6 is 23.4 Å². The van der Waals surface area contributed by atoms with E-state index in [1.165, 1.54) is 30.6 Å². The first-order valence-electron chi connectivity index (χ1n) is 5.66. The molecule has 0 saturated heterocycles. The van der Waals surface area contributed by atoms with Crippen LogP contribution in [0, 0.1) is 5.92 Å². The van der Waals surface area contributed by atoms with Crippen LogP contribution in [0.1, 0.15) is 32.6 Å². The largest absolute Gasteiger partial charge is 0.123 e. The molecule has 0 aliphatic heterocycles. The van der Waals surface area contributed by atoms with E-state index in [2.05, 4.69) is 19.1 Å². The molecule has 0 radical (unpaired) electrons. The van der Waals surface area contributed by atoms with Gasteiger partial charge in [-0.2, -0.15) is 0 Å². The fraction of sp³-hybridized carbons (Fsp3) is 0.538. The summed E-state index contributed by atoms with van der Waals surface area (Å²) in [5, 5.41) is 1.65. The van der Waals surface area contributed by atoms with Crippen molar-refractivity contribution < 1.29 is 0 Å². The summed E-state index contributed by atoms with van der Waals surface area (Å²) in [5.74, 6) is 0.937. The average molecular weight is 241 g/mol. The van der Waals surface area contributed by atoms with Crippen LogP contribution in [0.2, 0.25) is 5.02 Å². The third-order valence-corrected chi connectivity index (χ3v) is 4.68. The van der Waals surface area contributed by atoms with E-state index in [9.17, 15) is 0 Å². The maximum atomic E-state index is 5.86. The molecule has 0 spiro atoms. The molecule has 15 heavy (non-hydrogen) atoms. The summed E-state index contributed by atoms with van der Waals surface area (Å²) in [6.45, 7) is 2.36. The summed E-state index contributed by atoms with van der Waals surface area (Å²) in [5.41, 5.74) is 0. The Morgan fingerprint density at radius 2 is 1.67 bits per heavy atom. The second-order valence-corrected chi connectivity index (χ2v) is 6.26. The van der Waals surface area contributed by atoms with Crippen molar-refractivity contribution >= 4 is 23.4 Å². The van der Waals surface area contributed by atoms with Crippen LogP contribution in [0.15, 0.2) is 29.2 Å². The zero-order valence-corrected chi connectivity index (χ0v) is 10.7. The molecular formula is C13H17ClS. The van der Waals surface area contributed by atoms with Crippen molar-refractivity contribution in [2.24, 2.45) is 5.92 Å². The van der Waals surface area contributed by atoms with Crippen LogP contribution in [0.5, 0.6) is 0 Å². The molecule has 0 bridgehead atoms. The maximum absolute atomic E-state index is 5.86. The second-order valence-electron chi connectivity index (χ2n) is 4.45. The smallest absolute Gasteiger partial charge is 0.0406 e. The van der Waals surface area contributed by atoms with Crippen LogP contribution in [0.4, 0.5) is 0 Å². The van der Waals surface area contributed by atoms with Crippen molar-refractivity contribution in [1.82, 2.24) is 0 Å². The number of thioether (sulfide) groups is 1. The molecule has 0 heterocycles. The number of halogens is 1. The van der Waals surface area contributed by atoms with Crippen molar-refractivity contribution in [3.63, 3.8) is 0 Å². The Bertz CT molecular complexity index is 299. The summed E-state index contributed by atoms with van der Waals surface area (Å²) in [7, 11) is 0. The highest BCUT2D eigenvalue weighted by Gasteiger charge is 2.18. The van der Waals surface area contributed by atoms with Gasteiger partial charge in [0.1, 0.15) is 0 Å². The summed E-state index contributed by atoms with van der Waals surface area (Å²) in [6.07, 6.45) is 5.53. The molecule has 2 rings (SSSR count). The van der Waals surface area contributed by atoms with Gasteiger partial charge in [0.15, 0.2) is 0 Å². The van der Waals surface area contributed by atoms with Gasteiger partial charge in [-0.3, -0.25) is 0 Å². The highest BCUT2D eigenvalue weighted by atomic mass is 35.5. The van der Waals surface area contributed by atoms with Crippen LogP contribution in [0.3, 0.4) is 0 Å². The van der Waals surface area contributed by atoms with Crippen molar-refractivity contribution in [2.45, 2.75) is 42.8 Å². The summed E-state index contributed by atoms with van der Waals surface area (Å²) < 4.78 is 0. The lowest BCUT2D eigenvalue weighted by Gasteiger charge is -2.25. The van der Waals surface area contributed by atoms with E-state index in [1.807, 2.05) is 23.9 Å².